The SMILES string of the molecule is Cc1nc2cc(-c3nc(-c4cnn(C)c4)c(-c4c(F)cc(F)cc4OCC4CC(O)C4)c4c(F)csc34)ccc2n1C. The van der Waals surface area contributed by atoms with Crippen LogP contribution in [0, 0.1) is 30.3 Å². The molecule has 1 aliphatic carbocycles. The number of aliphatic hydroxyl groups excluding tert-OH is 1. The van der Waals surface area contributed by atoms with Crippen LogP contribution < -0.4 is 4.74 Å². The smallest absolute Gasteiger partial charge is 0.142 e. The zero-order valence-electron chi connectivity index (χ0n) is 23.0. The van der Waals surface area contributed by atoms with Gasteiger partial charge in [0.25, 0.3) is 0 Å². The number of benzene rings is 2. The normalized spacial score (nSPS) is 16.8. The third-order valence-corrected chi connectivity index (χ3v) is 8.94. The highest BCUT2D eigenvalue weighted by molar-refractivity contribution is 7.17. The van der Waals surface area contributed by atoms with Crippen LogP contribution in [-0.2, 0) is 14.1 Å². The Balaban J connectivity index is 1.50. The number of halogens is 3. The van der Waals surface area contributed by atoms with Crippen molar-refractivity contribution < 1.29 is 23.0 Å². The zero-order valence-corrected chi connectivity index (χ0v) is 23.8. The van der Waals surface area contributed by atoms with E-state index in [1.54, 1.807) is 24.1 Å². The van der Waals surface area contributed by atoms with Crippen LogP contribution in [-0.4, -0.2) is 42.1 Å². The van der Waals surface area contributed by atoms with Crippen LogP contribution in [0.1, 0.15) is 18.7 Å². The van der Waals surface area contributed by atoms with Crippen LogP contribution in [0.3, 0.4) is 0 Å². The molecule has 0 atom stereocenters. The lowest BCUT2D eigenvalue weighted by Gasteiger charge is -2.31. The highest BCUT2D eigenvalue weighted by atomic mass is 32.1. The quantitative estimate of drug-likeness (QED) is 0.231. The lowest BCUT2D eigenvalue weighted by atomic mass is 9.83. The Morgan fingerprint density at radius 2 is 1.81 bits per heavy atom. The molecule has 0 unspecified atom stereocenters. The fourth-order valence-electron chi connectivity index (χ4n) is 5.69. The number of fused-ring (bicyclic) bond motifs is 2. The second kappa shape index (κ2) is 9.95. The van der Waals surface area contributed by atoms with Crippen LogP contribution in [0.5, 0.6) is 5.75 Å². The van der Waals surface area contributed by atoms with Gasteiger partial charge >= 0.3 is 0 Å². The van der Waals surface area contributed by atoms with Crippen LogP contribution >= 0.6 is 11.3 Å². The molecule has 7 nitrogen and oxygen atoms in total. The molecule has 214 valence electrons. The maximum atomic E-state index is 15.8. The molecule has 42 heavy (non-hydrogen) atoms. The van der Waals surface area contributed by atoms with Gasteiger partial charge in [-0.3, -0.25) is 4.68 Å². The fraction of sp³-hybridized carbons (Fsp3) is 0.258. The second-order valence-electron chi connectivity index (χ2n) is 10.9. The number of hydrogen-bond acceptors (Lipinski definition) is 6. The van der Waals surface area contributed by atoms with Gasteiger partial charge in [0.2, 0.25) is 0 Å². The molecule has 0 saturated heterocycles. The van der Waals surface area contributed by atoms with Crippen molar-refractivity contribution in [1.82, 2.24) is 24.3 Å². The molecule has 0 bridgehead atoms. The molecule has 4 aromatic heterocycles. The van der Waals surface area contributed by atoms with E-state index in [1.807, 2.05) is 36.7 Å². The summed E-state index contributed by atoms with van der Waals surface area (Å²) < 4.78 is 56.3. The van der Waals surface area contributed by atoms with Gasteiger partial charge in [0.05, 0.1) is 51.6 Å². The Kier molecular flexibility index (Phi) is 6.32. The van der Waals surface area contributed by atoms with Crippen molar-refractivity contribution in [2.75, 3.05) is 6.61 Å². The second-order valence-corrected chi connectivity index (χ2v) is 11.7. The highest BCUT2D eigenvalue weighted by Crippen LogP contribution is 2.48. The van der Waals surface area contributed by atoms with Crippen molar-refractivity contribution >= 4 is 32.5 Å². The number of hydrogen-bond donors (Lipinski definition) is 1. The molecule has 1 saturated carbocycles. The average molecular weight is 590 g/mol. The molecule has 6 aromatic rings. The predicted octanol–water partition coefficient (Wildman–Crippen LogP) is 6.79. The summed E-state index contributed by atoms with van der Waals surface area (Å²) in [5.74, 6) is -1.40. The van der Waals surface area contributed by atoms with Crippen LogP contribution in [0.25, 0.3) is 54.8 Å². The lowest BCUT2D eigenvalue weighted by molar-refractivity contribution is 0.0203. The summed E-state index contributed by atoms with van der Waals surface area (Å²) in [6, 6.07) is 7.65. The van der Waals surface area contributed by atoms with Gasteiger partial charge < -0.3 is 14.4 Å². The van der Waals surface area contributed by atoms with Gasteiger partial charge in [-0.1, -0.05) is 6.07 Å². The summed E-state index contributed by atoms with van der Waals surface area (Å²) in [6.07, 6.45) is 4.00. The number of nitrogens with zero attached hydrogens (tertiary/aromatic N) is 5. The first kappa shape index (κ1) is 26.7. The van der Waals surface area contributed by atoms with E-state index >= 15 is 8.78 Å². The van der Waals surface area contributed by atoms with Crippen molar-refractivity contribution in [3.05, 3.63) is 71.4 Å². The van der Waals surface area contributed by atoms with Gasteiger partial charge in [-0.15, -0.1) is 11.3 Å². The highest BCUT2D eigenvalue weighted by Gasteiger charge is 2.30. The van der Waals surface area contributed by atoms with Crippen molar-refractivity contribution in [3.8, 4) is 39.4 Å². The van der Waals surface area contributed by atoms with E-state index in [1.165, 1.54) is 5.38 Å². The molecule has 1 fully saturated rings. The van der Waals surface area contributed by atoms with Crippen LogP contribution in [0.15, 0.2) is 48.1 Å². The largest absolute Gasteiger partial charge is 0.492 e. The average Bonchev–Trinajstić information content (AvgIpc) is 3.62. The Labute approximate surface area is 242 Å². The van der Waals surface area contributed by atoms with E-state index in [4.69, 9.17) is 9.72 Å². The first-order chi connectivity index (χ1) is 20.2. The Morgan fingerprint density at radius 1 is 1.00 bits per heavy atom. The summed E-state index contributed by atoms with van der Waals surface area (Å²) in [7, 11) is 3.68. The standard InChI is InChI=1S/C31H26F3N5O2S/c1-15-36-23-8-17(4-5-24(23)39(15)3)30-31-27(22(34)14-42-31)28(29(37-30)18-11-35-38(2)12-18)26-21(33)9-19(32)10-25(26)41-13-16-6-20(40)7-16/h4-5,8-12,14,16,20,40H,6-7,13H2,1-3H3. The summed E-state index contributed by atoms with van der Waals surface area (Å²) in [5.41, 5.74) is 3.87. The number of aliphatic hydroxyl groups is 1. The zero-order chi connectivity index (χ0) is 29.3. The lowest BCUT2D eigenvalue weighted by Crippen LogP contribution is -2.32. The fourth-order valence-corrected chi connectivity index (χ4v) is 6.62. The van der Waals surface area contributed by atoms with E-state index in [-0.39, 0.29) is 40.5 Å². The Morgan fingerprint density at radius 3 is 2.55 bits per heavy atom. The molecule has 1 aliphatic rings. The molecule has 0 spiro atoms. The third-order valence-electron chi connectivity index (χ3n) is 7.98. The van der Waals surface area contributed by atoms with E-state index in [2.05, 4.69) is 10.1 Å². The molecule has 0 radical (unpaired) electrons. The number of pyridine rings is 1. The van der Waals surface area contributed by atoms with Crippen molar-refractivity contribution in [2.24, 2.45) is 20.0 Å². The van der Waals surface area contributed by atoms with Crippen molar-refractivity contribution in [3.63, 3.8) is 0 Å². The summed E-state index contributed by atoms with van der Waals surface area (Å²) in [5, 5.41) is 15.5. The minimum atomic E-state index is -0.893. The number of aryl methyl sites for hydroxylation is 3. The minimum absolute atomic E-state index is 0.0501. The minimum Gasteiger partial charge on any atom is -0.492 e. The van der Waals surface area contributed by atoms with Crippen LogP contribution in [0.2, 0.25) is 0 Å². The van der Waals surface area contributed by atoms with E-state index in [9.17, 15) is 9.50 Å². The predicted molar refractivity (Wildman–Crippen MR) is 156 cm³/mol. The van der Waals surface area contributed by atoms with Gasteiger partial charge in [0.1, 0.15) is 29.0 Å². The Bertz CT molecular complexity index is 2010. The molecular weight excluding hydrogens is 563 g/mol. The van der Waals surface area contributed by atoms with Gasteiger partial charge in [0, 0.05) is 59.9 Å². The van der Waals surface area contributed by atoms with Gasteiger partial charge in [-0.2, -0.15) is 5.10 Å². The van der Waals surface area contributed by atoms with Crippen molar-refractivity contribution in [1.29, 1.82) is 0 Å². The van der Waals surface area contributed by atoms with Gasteiger partial charge in [-0.25, -0.2) is 23.1 Å². The molecule has 0 aliphatic heterocycles. The first-order valence-electron chi connectivity index (χ1n) is 13.5. The summed E-state index contributed by atoms with van der Waals surface area (Å²) in [4.78, 5) is 9.67. The maximum absolute atomic E-state index is 15.8. The molecule has 7 rings (SSSR count). The molecule has 1 N–H and O–H groups in total. The molecule has 4 heterocycles. The van der Waals surface area contributed by atoms with Gasteiger partial charge in [0.15, 0.2) is 0 Å². The number of thiophene rings is 1. The number of imidazole rings is 1. The third kappa shape index (κ3) is 4.35. The number of ether oxygens (including phenoxy) is 1. The summed E-state index contributed by atoms with van der Waals surface area (Å²) in [6.45, 7) is 2.09. The number of rotatable bonds is 6. The van der Waals surface area contributed by atoms with Gasteiger partial charge in [-0.05, 0) is 37.8 Å². The maximum Gasteiger partial charge on any atom is 0.142 e. The monoisotopic (exact) mass is 589 g/mol. The summed E-state index contributed by atoms with van der Waals surface area (Å²) >= 11 is 1.16. The van der Waals surface area contributed by atoms with Crippen LogP contribution in [0.4, 0.5) is 13.2 Å². The molecule has 11 heteroatoms. The Hall–Kier alpha value is -4.22. The molecule has 2 aromatic carbocycles. The molecular formula is C31H26F3N5O2S. The van der Waals surface area contributed by atoms with E-state index < -0.39 is 23.6 Å². The first-order valence-corrected chi connectivity index (χ1v) is 14.4. The van der Waals surface area contributed by atoms with E-state index in [0.717, 1.165) is 45.9 Å². The molecule has 0 amide bonds. The topological polar surface area (TPSA) is 78.0 Å². The number of aromatic nitrogens is 5. The van der Waals surface area contributed by atoms with Crippen molar-refractivity contribution in [2.45, 2.75) is 25.9 Å². The van der Waals surface area contributed by atoms with E-state index in [0.29, 0.717) is 28.8 Å².